The van der Waals surface area contributed by atoms with E-state index >= 15 is 0 Å². The highest BCUT2D eigenvalue weighted by molar-refractivity contribution is 5.89. The quantitative estimate of drug-likeness (QED) is 0.639. The van der Waals surface area contributed by atoms with Crippen LogP contribution < -0.4 is 15.4 Å². The summed E-state index contributed by atoms with van der Waals surface area (Å²) in [6, 6.07) is 16.9. The Balaban J connectivity index is 1.70. The SMILES string of the molecule is COCC(C)NC(=O)Nc1cccc(COCCOc2ccccc2)c1. The third-order valence-electron chi connectivity index (χ3n) is 3.49. The number of urea groups is 1. The van der Waals surface area contributed by atoms with E-state index in [-0.39, 0.29) is 12.1 Å². The minimum atomic E-state index is -0.260. The van der Waals surface area contributed by atoms with Crippen LogP contribution in [-0.4, -0.2) is 39.0 Å². The number of amides is 2. The fourth-order valence-electron chi connectivity index (χ4n) is 2.35. The van der Waals surface area contributed by atoms with E-state index in [1.54, 1.807) is 7.11 Å². The van der Waals surface area contributed by atoms with Crippen LogP contribution >= 0.6 is 0 Å². The largest absolute Gasteiger partial charge is 0.491 e. The summed E-state index contributed by atoms with van der Waals surface area (Å²) in [4.78, 5) is 11.9. The minimum Gasteiger partial charge on any atom is -0.491 e. The Kier molecular flexibility index (Phi) is 8.45. The zero-order valence-electron chi connectivity index (χ0n) is 15.2. The van der Waals surface area contributed by atoms with E-state index in [1.165, 1.54) is 0 Å². The van der Waals surface area contributed by atoms with Crippen LogP contribution in [0.5, 0.6) is 5.75 Å². The highest BCUT2D eigenvalue weighted by Gasteiger charge is 2.07. The van der Waals surface area contributed by atoms with Crippen LogP contribution in [0.3, 0.4) is 0 Å². The number of methoxy groups -OCH3 is 1. The lowest BCUT2D eigenvalue weighted by Gasteiger charge is -2.14. The maximum Gasteiger partial charge on any atom is 0.319 e. The molecular formula is C20H26N2O4. The van der Waals surface area contributed by atoms with Gasteiger partial charge in [-0.1, -0.05) is 30.3 Å². The van der Waals surface area contributed by atoms with Gasteiger partial charge in [-0.2, -0.15) is 0 Å². The van der Waals surface area contributed by atoms with Crippen LogP contribution in [0.2, 0.25) is 0 Å². The molecule has 2 rings (SSSR count). The first-order chi connectivity index (χ1) is 12.7. The second-order valence-corrected chi connectivity index (χ2v) is 5.87. The summed E-state index contributed by atoms with van der Waals surface area (Å²) >= 11 is 0. The van der Waals surface area contributed by atoms with Crippen LogP contribution in [0, 0.1) is 0 Å². The number of hydrogen-bond donors (Lipinski definition) is 2. The zero-order chi connectivity index (χ0) is 18.6. The molecule has 0 aliphatic rings. The number of hydrogen-bond acceptors (Lipinski definition) is 4. The first-order valence-electron chi connectivity index (χ1n) is 8.58. The Bertz CT molecular complexity index is 664. The molecular weight excluding hydrogens is 332 g/mol. The monoisotopic (exact) mass is 358 g/mol. The van der Waals surface area contributed by atoms with Crippen molar-refractivity contribution in [1.82, 2.24) is 5.32 Å². The first kappa shape index (κ1) is 19.8. The van der Waals surface area contributed by atoms with Crippen LogP contribution in [0.25, 0.3) is 0 Å². The van der Waals surface area contributed by atoms with Crippen LogP contribution in [0.4, 0.5) is 10.5 Å². The predicted octanol–water partition coefficient (Wildman–Crippen LogP) is 3.44. The summed E-state index contributed by atoms with van der Waals surface area (Å²) in [6.07, 6.45) is 0. The topological polar surface area (TPSA) is 68.8 Å². The molecule has 2 N–H and O–H groups in total. The van der Waals surface area contributed by atoms with Crippen molar-refractivity contribution >= 4 is 11.7 Å². The Morgan fingerprint density at radius 3 is 2.65 bits per heavy atom. The number of nitrogens with one attached hydrogen (secondary N) is 2. The third kappa shape index (κ3) is 7.55. The molecule has 2 aromatic carbocycles. The second kappa shape index (κ2) is 11.1. The molecule has 26 heavy (non-hydrogen) atoms. The number of anilines is 1. The van der Waals surface area contributed by atoms with E-state index in [1.807, 2.05) is 61.5 Å². The normalized spacial score (nSPS) is 11.6. The van der Waals surface area contributed by atoms with Crippen molar-refractivity contribution in [3.05, 3.63) is 60.2 Å². The van der Waals surface area contributed by atoms with Crippen LogP contribution in [0.15, 0.2) is 54.6 Å². The molecule has 6 nitrogen and oxygen atoms in total. The molecule has 0 aliphatic heterocycles. The van der Waals surface area contributed by atoms with Crippen molar-refractivity contribution in [2.45, 2.75) is 19.6 Å². The zero-order valence-corrected chi connectivity index (χ0v) is 15.2. The van der Waals surface area contributed by atoms with Gasteiger partial charge in [-0.05, 0) is 36.8 Å². The summed E-state index contributed by atoms with van der Waals surface area (Å²) in [5.41, 5.74) is 1.70. The number of ether oxygens (including phenoxy) is 3. The Morgan fingerprint density at radius 1 is 1.08 bits per heavy atom. The van der Waals surface area contributed by atoms with E-state index < -0.39 is 0 Å². The maximum atomic E-state index is 11.9. The predicted molar refractivity (Wildman–Crippen MR) is 102 cm³/mol. The van der Waals surface area contributed by atoms with Gasteiger partial charge in [-0.25, -0.2) is 4.79 Å². The number of carbonyl (C=O) groups excluding carboxylic acids is 1. The highest BCUT2D eigenvalue weighted by atomic mass is 16.5. The second-order valence-electron chi connectivity index (χ2n) is 5.87. The molecule has 0 aromatic heterocycles. The molecule has 6 heteroatoms. The van der Waals surface area contributed by atoms with Crippen molar-refractivity contribution in [3.63, 3.8) is 0 Å². The summed E-state index contributed by atoms with van der Waals surface area (Å²) in [5.74, 6) is 0.830. The van der Waals surface area contributed by atoms with E-state index in [0.717, 1.165) is 11.3 Å². The van der Waals surface area contributed by atoms with Gasteiger partial charge >= 0.3 is 6.03 Å². The number of benzene rings is 2. The van der Waals surface area contributed by atoms with Gasteiger partial charge in [0.2, 0.25) is 0 Å². The molecule has 0 saturated carbocycles. The van der Waals surface area contributed by atoms with Gasteiger partial charge in [0.05, 0.1) is 25.9 Å². The van der Waals surface area contributed by atoms with Gasteiger partial charge in [0.25, 0.3) is 0 Å². The van der Waals surface area contributed by atoms with Gasteiger partial charge in [0, 0.05) is 12.8 Å². The van der Waals surface area contributed by atoms with Crippen LogP contribution in [-0.2, 0) is 16.1 Å². The lowest BCUT2D eigenvalue weighted by Crippen LogP contribution is -2.38. The molecule has 0 aliphatic carbocycles. The Hall–Kier alpha value is -2.57. The molecule has 2 aromatic rings. The molecule has 0 spiro atoms. The lowest BCUT2D eigenvalue weighted by molar-refractivity contribution is 0.0889. The number of para-hydroxylation sites is 1. The van der Waals surface area contributed by atoms with E-state index in [0.29, 0.717) is 32.1 Å². The Labute approximate surface area is 154 Å². The van der Waals surface area contributed by atoms with E-state index in [2.05, 4.69) is 10.6 Å². The highest BCUT2D eigenvalue weighted by Crippen LogP contribution is 2.12. The average Bonchev–Trinajstić information content (AvgIpc) is 2.62. The number of rotatable bonds is 10. The molecule has 0 radical (unpaired) electrons. The summed E-state index contributed by atoms with van der Waals surface area (Å²) < 4.78 is 16.2. The summed E-state index contributed by atoms with van der Waals surface area (Å²) in [7, 11) is 1.60. The summed E-state index contributed by atoms with van der Waals surface area (Å²) in [6.45, 7) is 3.77. The molecule has 0 bridgehead atoms. The smallest absolute Gasteiger partial charge is 0.319 e. The standard InChI is InChI=1S/C20H26N2O4/c1-16(14-24-2)21-20(23)22-18-8-6-7-17(13-18)15-25-11-12-26-19-9-4-3-5-10-19/h3-10,13,16H,11-12,14-15H2,1-2H3,(H2,21,22,23). The summed E-state index contributed by atoms with van der Waals surface area (Å²) in [5, 5.41) is 5.61. The van der Waals surface area contributed by atoms with Crippen molar-refractivity contribution in [2.24, 2.45) is 0 Å². The first-order valence-corrected chi connectivity index (χ1v) is 8.58. The van der Waals surface area contributed by atoms with Gasteiger partial charge in [-0.15, -0.1) is 0 Å². The third-order valence-corrected chi connectivity index (χ3v) is 3.49. The van der Waals surface area contributed by atoms with Gasteiger partial charge in [0.15, 0.2) is 0 Å². The fraction of sp³-hybridized carbons (Fsp3) is 0.350. The molecule has 0 heterocycles. The van der Waals surface area contributed by atoms with Crippen molar-refractivity contribution < 1.29 is 19.0 Å². The van der Waals surface area contributed by atoms with Crippen molar-refractivity contribution in [1.29, 1.82) is 0 Å². The molecule has 1 atom stereocenters. The van der Waals surface area contributed by atoms with E-state index in [9.17, 15) is 4.79 Å². The molecule has 0 saturated heterocycles. The van der Waals surface area contributed by atoms with Gasteiger partial charge in [0.1, 0.15) is 12.4 Å². The van der Waals surface area contributed by atoms with Crippen molar-refractivity contribution in [3.8, 4) is 5.75 Å². The van der Waals surface area contributed by atoms with Crippen LogP contribution in [0.1, 0.15) is 12.5 Å². The fourth-order valence-corrected chi connectivity index (χ4v) is 2.35. The molecule has 0 fully saturated rings. The van der Waals surface area contributed by atoms with E-state index in [4.69, 9.17) is 14.2 Å². The molecule has 140 valence electrons. The number of carbonyl (C=O) groups is 1. The van der Waals surface area contributed by atoms with Gasteiger partial charge in [-0.3, -0.25) is 0 Å². The molecule has 1 unspecified atom stereocenters. The lowest BCUT2D eigenvalue weighted by atomic mass is 10.2. The van der Waals surface area contributed by atoms with Crippen molar-refractivity contribution in [2.75, 3.05) is 32.2 Å². The molecule has 2 amide bonds. The van der Waals surface area contributed by atoms with Gasteiger partial charge < -0.3 is 24.8 Å². The average molecular weight is 358 g/mol. The maximum absolute atomic E-state index is 11.9. The minimum absolute atomic E-state index is 0.0591. The Morgan fingerprint density at radius 2 is 1.88 bits per heavy atom.